The molecule has 4 aromatic heterocycles. The summed E-state index contributed by atoms with van der Waals surface area (Å²) in [5.41, 5.74) is 7.00. The van der Waals surface area contributed by atoms with Gasteiger partial charge in [-0.05, 0) is 48.5 Å². The largest absolute Gasteiger partial charge is 0.338 e. The lowest BCUT2D eigenvalue weighted by Gasteiger charge is -2.23. The van der Waals surface area contributed by atoms with Crippen molar-refractivity contribution in [3.63, 3.8) is 0 Å². The van der Waals surface area contributed by atoms with Crippen molar-refractivity contribution >= 4 is 55.4 Å². The third-order valence-electron chi connectivity index (χ3n) is 9.47. The van der Waals surface area contributed by atoms with Crippen molar-refractivity contribution in [2.75, 3.05) is 19.8 Å². The van der Waals surface area contributed by atoms with Gasteiger partial charge in [-0.3, -0.25) is 39.3 Å². The van der Waals surface area contributed by atoms with Gasteiger partial charge in [0.2, 0.25) is 11.8 Å². The molecule has 55 heavy (non-hydrogen) atoms. The van der Waals surface area contributed by atoms with Crippen molar-refractivity contribution < 1.29 is 9.59 Å². The summed E-state index contributed by atoms with van der Waals surface area (Å²) >= 11 is 0. The number of carbonyl (C=O) groups excluding carboxylic acids is 2. The van der Waals surface area contributed by atoms with Crippen molar-refractivity contribution in [2.24, 2.45) is 0 Å². The van der Waals surface area contributed by atoms with E-state index < -0.39 is 0 Å². The van der Waals surface area contributed by atoms with Crippen LogP contribution < -0.4 is 10.6 Å². The number of nitrogens with zero attached hydrogens (tertiary/aromatic N) is 6. The van der Waals surface area contributed by atoms with Crippen LogP contribution in [0.3, 0.4) is 0 Å². The maximum atomic E-state index is 13.4. The van der Waals surface area contributed by atoms with E-state index in [0.29, 0.717) is 26.2 Å². The number of rotatable bonds is 14. The fourth-order valence-corrected chi connectivity index (χ4v) is 6.80. The molecule has 0 saturated heterocycles. The van der Waals surface area contributed by atoms with Gasteiger partial charge < -0.3 is 10.6 Å². The zero-order chi connectivity index (χ0) is 37.4. The van der Waals surface area contributed by atoms with Gasteiger partial charge in [-0.1, -0.05) is 97.1 Å². The Balaban J connectivity index is 0.923. The molecule has 0 radical (unpaired) electrons. The third-order valence-corrected chi connectivity index (χ3v) is 9.47. The quantitative estimate of drug-likeness (QED) is 0.118. The SMILES string of the molecule is O=C(CN(Cc1ccc2ccccc2n1)Cc1ccc2ccccc2n1)NCNC(=O)CN(Cc1ccc2ccccc2n1)Cc1ccc2ccccc2n1. The molecule has 272 valence electrons. The molecule has 0 bridgehead atoms. The van der Waals surface area contributed by atoms with E-state index in [0.717, 1.165) is 66.4 Å². The number of benzene rings is 4. The first-order chi connectivity index (χ1) is 27.0. The Morgan fingerprint density at radius 3 is 0.945 bits per heavy atom. The van der Waals surface area contributed by atoms with Gasteiger partial charge in [0, 0.05) is 47.7 Å². The lowest BCUT2D eigenvalue weighted by molar-refractivity contribution is -0.124. The molecular formula is C45H40N8O2. The Morgan fingerprint density at radius 2 is 0.655 bits per heavy atom. The summed E-state index contributed by atoms with van der Waals surface area (Å²) in [6.45, 7) is 1.95. The zero-order valence-corrected chi connectivity index (χ0v) is 30.3. The molecule has 0 aliphatic heterocycles. The minimum atomic E-state index is -0.223. The van der Waals surface area contributed by atoms with Crippen LogP contribution in [-0.2, 0) is 35.8 Å². The van der Waals surface area contributed by atoms with Crippen molar-refractivity contribution in [3.8, 4) is 0 Å². The topological polar surface area (TPSA) is 116 Å². The van der Waals surface area contributed by atoms with E-state index in [-0.39, 0.29) is 31.6 Å². The second-order valence-corrected chi connectivity index (χ2v) is 13.6. The van der Waals surface area contributed by atoms with E-state index in [2.05, 4.69) is 34.9 Å². The number of pyridine rings is 4. The van der Waals surface area contributed by atoms with Crippen LogP contribution in [0.2, 0.25) is 0 Å². The highest BCUT2D eigenvalue weighted by atomic mass is 16.2. The fourth-order valence-electron chi connectivity index (χ4n) is 6.80. The van der Waals surface area contributed by atoms with Crippen LogP contribution in [0, 0.1) is 0 Å². The van der Waals surface area contributed by atoms with Gasteiger partial charge in [0.1, 0.15) is 0 Å². The smallest absolute Gasteiger partial charge is 0.235 e. The number of fused-ring (bicyclic) bond motifs is 4. The lowest BCUT2D eigenvalue weighted by Crippen LogP contribution is -2.45. The number of aromatic nitrogens is 4. The van der Waals surface area contributed by atoms with E-state index in [1.807, 2.05) is 131 Å². The summed E-state index contributed by atoms with van der Waals surface area (Å²) < 4.78 is 0. The number of hydrogen-bond donors (Lipinski definition) is 2. The molecule has 8 rings (SSSR count). The van der Waals surface area contributed by atoms with E-state index in [1.54, 1.807) is 0 Å². The molecule has 0 fully saturated rings. The Kier molecular flexibility index (Phi) is 10.7. The van der Waals surface area contributed by atoms with Gasteiger partial charge in [-0.25, -0.2) is 0 Å². The summed E-state index contributed by atoms with van der Waals surface area (Å²) in [7, 11) is 0. The Bertz CT molecular complexity index is 2290. The van der Waals surface area contributed by atoms with Gasteiger partial charge in [0.25, 0.3) is 0 Å². The third kappa shape index (κ3) is 9.13. The summed E-state index contributed by atoms with van der Waals surface area (Å²) in [5, 5.41) is 10.0. The second kappa shape index (κ2) is 16.6. The zero-order valence-electron chi connectivity index (χ0n) is 30.3. The highest BCUT2D eigenvalue weighted by Gasteiger charge is 2.17. The van der Waals surface area contributed by atoms with Crippen molar-refractivity contribution in [1.82, 2.24) is 40.4 Å². The first kappa shape index (κ1) is 35.4. The van der Waals surface area contributed by atoms with Crippen LogP contribution in [0.15, 0.2) is 146 Å². The molecule has 8 aromatic rings. The van der Waals surface area contributed by atoms with Crippen LogP contribution in [0.4, 0.5) is 0 Å². The Morgan fingerprint density at radius 1 is 0.382 bits per heavy atom. The average molecular weight is 725 g/mol. The van der Waals surface area contributed by atoms with Gasteiger partial charge in [0.15, 0.2) is 0 Å². The van der Waals surface area contributed by atoms with Crippen LogP contribution in [-0.4, -0.2) is 61.3 Å². The normalized spacial score (nSPS) is 11.5. The molecule has 10 heteroatoms. The van der Waals surface area contributed by atoms with Gasteiger partial charge in [-0.2, -0.15) is 0 Å². The molecule has 2 amide bonds. The fraction of sp³-hybridized carbons (Fsp3) is 0.156. The van der Waals surface area contributed by atoms with Crippen LogP contribution in [0.25, 0.3) is 43.6 Å². The monoisotopic (exact) mass is 724 g/mol. The molecule has 0 aliphatic rings. The van der Waals surface area contributed by atoms with Gasteiger partial charge in [0.05, 0.1) is 64.6 Å². The molecule has 0 aliphatic carbocycles. The first-order valence-electron chi connectivity index (χ1n) is 18.4. The van der Waals surface area contributed by atoms with E-state index >= 15 is 0 Å². The predicted octanol–water partition coefficient (Wildman–Crippen LogP) is 6.77. The molecule has 2 N–H and O–H groups in total. The lowest BCUT2D eigenvalue weighted by atomic mass is 10.2. The number of nitrogens with one attached hydrogen (secondary N) is 2. The van der Waals surface area contributed by atoms with Gasteiger partial charge >= 0.3 is 0 Å². The highest BCUT2D eigenvalue weighted by Crippen LogP contribution is 2.18. The first-order valence-corrected chi connectivity index (χ1v) is 18.4. The maximum Gasteiger partial charge on any atom is 0.235 e. The molecular weight excluding hydrogens is 685 g/mol. The summed E-state index contributed by atoms with van der Waals surface area (Å²) in [5.74, 6) is -0.445. The Hall–Kier alpha value is -6.62. The molecule has 0 atom stereocenters. The Labute approximate surface area is 318 Å². The average Bonchev–Trinajstić information content (AvgIpc) is 3.20. The van der Waals surface area contributed by atoms with E-state index in [4.69, 9.17) is 19.9 Å². The van der Waals surface area contributed by atoms with Crippen molar-refractivity contribution in [2.45, 2.75) is 26.2 Å². The standard InChI is InChI=1S/C45H40N8O2/c54-44(29-52(25-36-21-17-32-9-1-5-13-40(32)48-36)26-37-22-18-33-10-2-6-14-41(33)49-37)46-31-47-45(55)30-53(27-38-23-19-34-11-3-7-15-42(34)50-38)28-39-24-20-35-12-4-8-16-43(35)51-39/h1-24H,25-31H2,(H,46,54)(H,47,55). The molecule has 0 unspecified atom stereocenters. The number of hydrogen-bond acceptors (Lipinski definition) is 8. The summed E-state index contributed by atoms with van der Waals surface area (Å²) in [4.78, 5) is 50.2. The number of amides is 2. The predicted molar refractivity (Wildman–Crippen MR) is 216 cm³/mol. The van der Waals surface area contributed by atoms with Crippen LogP contribution in [0.1, 0.15) is 22.8 Å². The molecule has 0 saturated carbocycles. The van der Waals surface area contributed by atoms with Crippen LogP contribution in [0.5, 0.6) is 0 Å². The van der Waals surface area contributed by atoms with Gasteiger partial charge in [-0.15, -0.1) is 0 Å². The minimum Gasteiger partial charge on any atom is -0.338 e. The number of para-hydroxylation sites is 4. The van der Waals surface area contributed by atoms with Crippen LogP contribution >= 0.6 is 0 Å². The summed E-state index contributed by atoms with van der Waals surface area (Å²) in [6, 6.07) is 48.1. The van der Waals surface area contributed by atoms with E-state index in [9.17, 15) is 9.59 Å². The molecule has 4 heterocycles. The highest BCUT2D eigenvalue weighted by molar-refractivity contribution is 5.82. The van der Waals surface area contributed by atoms with E-state index in [1.165, 1.54) is 0 Å². The molecule has 10 nitrogen and oxygen atoms in total. The minimum absolute atomic E-state index is 0.00968. The van der Waals surface area contributed by atoms with Crippen molar-refractivity contribution in [3.05, 3.63) is 168 Å². The maximum absolute atomic E-state index is 13.4. The van der Waals surface area contributed by atoms with Crippen molar-refractivity contribution in [1.29, 1.82) is 0 Å². The molecule has 0 spiro atoms. The second-order valence-electron chi connectivity index (χ2n) is 13.6. The number of carbonyl (C=O) groups is 2. The molecule has 4 aromatic carbocycles. The summed E-state index contributed by atoms with van der Waals surface area (Å²) in [6.07, 6.45) is 0.